The maximum atomic E-state index is 11.3. The van der Waals surface area contributed by atoms with Crippen molar-refractivity contribution >= 4 is 0 Å². The zero-order valence-electron chi connectivity index (χ0n) is 12.0. The molecule has 3 rings (SSSR count). The van der Waals surface area contributed by atoms with E-state index < -0.39 is 5.60 Å². The lowest BCUT2D eigenvalue weighted by Gasteiger charge is -2.35. The summed E-state index contributed by atoms with van der Waals surface area (Å²) in [5.41, 5.74) is 2.56. The van der Waals surface area contributed by atoms with Gasteiger partial charge in [-0.2, -0.15) is 0 Å². The van der Waals surface area contributed by atoms with Crippen LogP contribution < -0.4 is 0 Å². The minimum Gasteiger partial charge on any atom is -0.380 e. The highest BCUT2D eigenvalue weighted by Gasteiger charge is 2.34. The summed E-state index contributed by atoms with van der Waals surface area (Å²) in [7, 11) is 0. The zero-order chi connectivity index (χ0) is 14.0. The molecule has 20 heavy (non-hydrogen) atoms. The van der Waals surface area contributed by atoms with Crippen LogP contribution in [0.25, 0.3) is 0 Å². The van der Waals surface area contributed by atoms with Crippen molar-refractivity contribution in [1.82, 2.24) is 0 Å². The van der Waals surface area contributed by atoms with Crippen molar-refractivity contribution in [1.29, 1.82) is 0 Å². The molecule has 1 nitrogen and oxygen atoms in total. The third-order valence-electron chi connectivity index (χ3n) is 4.71. The smallest absolute Gasteiger partial charge is 0.115 e. The SMILES string of the molecule is CCC(O)(c1ccccc1)c1ccccc1C1CCC1. The first-order chi connectivity index (χ1) is 9.75. The van der Waals surface area contributed by atoms with E-state index in [0.29, 0.717) is 12.3 Å². The van der Waals surface area contributed by atoms with Gasteiger partial charge in [-0.05, 0) is 41.9 Å². The van der Waals surface area contributed by atoms with Gasteiger partial charge in [-0.15, -0.1) is 0 Å². The van der Waals surface area contributed by atoms with Crippen molar-refractivity contribution in [3.05, 3.63) is 71.3 Å². The average Bonchev–Trinajstić information content (AvgIpc) is 2.46. The lowest BCUT2D eigenvalue weighted by Crippen LogP contribution is -2.29. The van der Waals surface area contributed by atoms with Gasteiger partial charge in [0.05, 0.1) is 0 Å². The predicted octanol–water partition coefficient (Wildman–Crippen LogP) is 4.60. The normalized spacial score (nSPS) is 18.3. The Morgan fingerprint density at radius 1 is 1.00 bits per heavy atom. The molecule has 1 heteroatoms. The highest BCUT2D eigenvalue weighted by Crippen LogP contribution is 2.43. The van der Waals surface area contributed by atoms with Gasteiger partial charge in [-0.3, -0.25) is 0 Å². The minimum absolute atomic E-state index is 0.632. The van der Waals surface area contributed by atoms with Crippen molar-refractivity contribution in [2.75, 3.05) is 0 Å². The fourth-order valence-electron chi connectivity index (χ4n) is 3.21. The molecule has 2 aromatic carbocycles. The number of benzene rings is 2. The van der Waals surface area contributed by atoms with Crippen LogP contribution in [0.2, 0.25) is 0 Å². The fraction of sp³-hybridized carbons (Fsp3) is 0.368. The molecule has 2 aromatic rings. The first kappa shape index (κ1) is 13.4. The maximum Gasteiger partial charge on any atom is 0.115 e. The maximum absolute atomic E-state index is 11.3. The standard InChI is InChI=1S/C19H22O/c1-2-19(20,16-11-4-3-5-12-16)18-14-7-6-13-17(18)15-9-8-10-15/h3-7,11-15,20H,2,8-10H2,1H3. The van der Waals surface area contributed by atoms with E-state index in [-0.39, 0.29) is 0 Å². The van der Waals surface area contributed by atoms with Gasteiger partial charge in [-0.25, -0.2) is 0 Å². The summed E-state index contributed by atoms with van der Waals surface area (Å²) >= 11 is 0. The van der Waals surface area contributed by atoms with Gasteiger partial charge >= 0.3 is 0 Å². The topological polar surface area (TPSA) is 20.2 Å². The van der Waals surface area contributed by atoms with E-state index in [0.717, 1.165) is 11.1 Å². The lowest BCUT2D eigenvalue weighted by atomic mass is 9.73. The fourth-order valence-corrected chi connectivity index (χ4v) is 3.21. The third-order valence-corrected chi connectivity index (χ3v) is 4.71. The molecule has 1 unspecified atom stereocenters. The summed E-state index contributed by atoms with van der Waals surface area (Å²) in [6, 6.07) is 18.5. The number of hydrogen-bond donors (Lipinski definition) is 1. The Morgan fingerprint density at radius 2 is 1.65 bits per heavy atom. The molecule has 0 saturated heterocycles. The lowest BCUT2D eigenvalue weighted by molar-refractivity contribution is 0.0746. The number of aliphatic hydroxyl groups is 1. The quantitative estimate of drug-likeness (QED) is 0.857. The molecular weight excluding hydrogens is 244 g/mol. The van der Waals surface area contributed by atoms with Crippen LogP contribution >= 0.6 is 0 Å². The highest BCUT2D eigenvalue weighted by atomic mass is 16.3. The summed E-state index contributed by atoms with van der Waals surface area (Å²) in [4.78, 5) is 0. The summed E-state index contributed by atoms with van der Waals surface area (Å²) in [5.74, 6) is 0.632. The van der Waals surface area contributed by atoms with Crippen molar-refractivity contribution < 1.29 is 5.11 Å². The van der Waals surface area contributed by atoms with Gasteiger partial charge in [0.15, 0.2) is 0 Å². The molecule has 0 heterocycles. The first-order valence-electron chi connectivity index (χ1n) is 7.63. The molecule has 0 spiro atoms. The Labute approximate surface area is 121 Å². The molecule has 0 amide bonds. The van der Waals surface area contributed by atoms with Crippen molar-refractivity contribution in [3.8, 4) is 0 Å². The second-order valence-electron chi connectivity index (χ2n) is 5.79. The Bertz CT molecular complexity index is 571. The Morgan fingerprint density at radius 3 is 2.25 bits per heavy atom. The Hall–Kier alpha value is -1.60. The van der Waals surface area contributed by atoms with Crippen LogP contribution in [0.1, 0.15) is 55.2 Å². The molecule has 0 aromatic heterocycles. The van der Waals surface area contributed by atoms with Gasteiger partial charge in [-0.1, -0.05) is 67.9 Å². The van der Waals surface area contributed by atoms with Gasteiger partial charge in [0.1, 0.15) is 5.60 Å². The van der Waals surface area contributed by atoms with Crippen LogP contribution in [0.15, 0.2) is 54.6 Å². The highest BCUT2D eigenvalue weighted by molar-refractivity contribution is 5.43. The zero-order valence-corrected chi connectivity index (χ0v) is 12.0. The second kappa shape index (κ2) is 5.41. The first-order valence-corrected chi connectivity index (χ1v) is 7.63. The molecule has 0 radical (unpaired) electrons. The molecule has 1 N–H and O–H groups in total. The molecule has 1 aliphatic rings. The third kappa shape index (κ3) is 2.16. The molecule has 1 fully saturated rings. The van der Waals surface area contributed by atoms with E-state index in [1.54, 1.807) is 0 Å². The molecular formula is C19H22O. The molecule has 1 saturated carbocycles. The van der Waals surface area contributed by atoms with E-state index in [9.17, 15) is 5.11 Å². The number of rotatable bonds is 4. The monoisotopic (exact) mass is 266 g/mol. The van der Waals surface area contributed by atoms with Gasteiger partial charge in [0, 0.05) is 0 Å². The predicted molar refractivity (Wildman–Crippen MR) is 82.8 cm³/mol. The van der Waals surface area contributed by atoms with E-state index in [2.05, 4.69) is 25.1 Å². The summed E-state index contributed by atoms with van der Waals surface area (Å²) in [5, 5.41) is 11.3. The van der Waals surface area contributed by atoms with Gasteiger partial charge in [0.2, 0.25) is 0 Å². The molecule has 0 bridgehead atoms. The van der Waals surface area contributed by atoms with Crippen LogP contribution in [-0.2, 0) is 5.60 Å². The van der Waals surface area contributed by atoms with Crippen molar-refractivity contribution in [3.63, 3.8) is 0 Å². The second-order valence-corrected chi connectivity index (χ2v) is 5.79. The van der Waals surface area contributed by atoms with E-state index in [4.69, 9.17) is 0 Å². The minimum atomic E-state index is -0.868. The van der Waals surface area contributed by atoms with Crippen LogP contribution in [0.3, 0.4) is 0 Å². The van der Waals surface area contributed by atoms with Gasteiger partial charge in [0.25, 0.3) is 0 Å². The summed E-state index contributed by atoms with van der Waals surface area (Å²) in [6.45, 7) is 2.06. The van der Waals surface area contributed by atoms with E-state index >= 15 is 0 Å². The largest absolute Gasteiger partial charge is 0.380 e. The van der Waals surface area contributed by atoms with Gasteiger partial charge < -0.3 is 5.11 Å². The molecule has 104 valence electrons. The van der Waals surface area contributed by atoms with Crippen molar-refractivity contribution in [2.24, 2.45) is 0 Å². The number of hydrogen-bond acceptors (Lipinski definition) is 1. The average molecular weight is 266 g/mol. The van der Waals surface area contributed by atoms with E-state index in [1.807, 2.05) is 36.4 Å². The Balaban J connectivity index is 2.09. The van der Waals surface area contributed by atoms with Crippen LogP contribution in [0, 0.1) is 0 Å². The van der Waals surface area contributed by atoms with Crippen LogP contribution in [-0.4, -0.2) is 5.11 Å². The van der Waals surface area contributed by atoms with Crippen LogP contribution in [0.4, 0.5) is 0 Å². The molecule has 1 aliphatic carbocycles. The summed E-state index contributed by atoms with van der Waals surface area (Å²) < 4.78 is 0. The van der Waals surface area contributed by atoms with Crippen molar-refractivity contribution in [2.45, 2.75) is 44.1 Å². The Kier molecular flexibility index (Phi) is 3.62. The molecule has 1 atom stereocenters. The molecule has 0 aliphatic heterocycles. The summed E-state index contributed by atoms with van der Waals surface area (Å²) in [6.07, 6.45) is 4.52. The van der Waals surface area contributed by atoms with Crippen LogP contribution in [0.5, 0.6) is 0 Å². The van der Waals surface area contributed by atoms with E-state index in [1.165, 1.54) is 24.8 Å².